The van der Waals surface area contributed by atoms with Gasteiger partial charge in [0.2, 0.25) is 5.91 Å². The van der Waals surface area contributed by atoms with E-state index in [4.69, 9.17) is 16.3 Å². The van der Waals surface area contributed by atoms with Crippen molar-refractivity contribution in [1.29, 1.82) is 0 Å². The molecule has 0 radical (unpaired) electrons. The van der Waals surface area contributed by atoms with Crippen LogP contribution in [-0.2, 0) is 14.3 Å². The summed E-state index contributed by atoms with van der Waals surface area (Å²) in [4.78, 5) is 26.3. The number of piperidine rings is 1. The van der Waals surface area contributed by atoms with Crippen molar-refractivity contribution in [3.63, 3.8) is 0 Å². The summed E-state index contributed by atoms with van der Waals surface area (Å²) in [5, 5.41) is 2.86. The van der Waals surface area contributed by atoms with Gasteiger partial charge in [-0.3, -0.25) is 14.5 Å². The van der Waals surface area contributed by atoms with Gasteiger partial charge in [-0.1, -0.05) is 11.6 Å². The first-order valence-electron chi connectivity index (χ1n) is 8.09. The lowest BCUT2D eigenvalue weighted by atomic mass is 9.97. The molecule has 0 spiro atoms. The summed E-state index contributed by atoms with van der Waals surface area (Å²) in [6.07, 6.45) is 1.60. The van der Waals surface area contributed by atoms with Crippen molar-refractivity contribution in [2.24, 2.45) is 5.92 Å². The summed E-state index contributed by atoms with van der Waals surface area (Å²) in [6.45, 7) is 5.14. The van der Waals surface area contributed by atoms with Crippen molar-refractivity contribution in [2.45, 2.75) is 32.7 Å². The van der Waals surface area contributed by atoms with E-state index in [1.54, 1.807) is 13.8 Å². The number of nitrogens with one attached hydrogen (secondary N) is 1. The maximum Gasteiger partial charge on any atom is 0.310 e. The first kappa shape index (κ1) is 18.7. The second-order valence-electron chi connectivity index (χ2n) is 5.88. The molecule has 0 saturated carbocycles. The maximum absolute atomic E-state index is 13.1. The molecule has 1 aliphatic rings. The number of nitrogens with zero attached hydrogens (tertiary/aromatic N) is 1. The van der Waals surface area contributed by atoms with Crippen molar-refractivity contribution in [1.82, 2.24) is 4.90 Å². The molecule has 1 aliphatic heterocycles. The fraction of sp³-hybridized carbons (Fsp3) is 0.529. The highest BCUT2D eigenvalue weighted by atomic mass is 35.5. The Bertz CT molecular complexity index is 611. The molecule has 2 atom stereocenters. The molecule has 1 saturated heterocycles. The summed E-state index contributed by atoms with van der Waals surface area (Å²) in [5.74, 6) is -1.12. The molecular weight excluding hydrogens is 335 g/mol. The first-order valence-corrected chi connectivity index (χ1v) is 8.46. The van der Waals surface area contributed by atoms with Crippen molar-refractivity contribution < 1.29 is 18.7 Å². The zero-order chi connectivity index (χ0) is 17.7. The summed E-state index contributed by atoms with van der Waals surface area (Å²) in [6, 6.07) is 3.40. The molecule has 1 amide bonds. The van der Waals surface area contributed by atoms with Crippen LogP contribution >= 0.6 is 11.6 Å². The van der Waals surface area contributed by atoms with Gasteiger partial charge in [0.1, 0.15) is 5.82 Å². The van der Waals surface area contributed by atoms with Gasteiger partial charge >= 0.3 is 5.97 Å². The first-order chi connectivity index (χ1) is 11.4. The Kier molecular flexibility index (Phi) is 6.57. The lowest BCUT2D eigenvalue weighted by molar-refractivity contribution is -0.150. The number of rotatable bonds is 5. The van der Waals surface area contributed by atoms with E-state index in [0.29, 0.717) is 18.8 Å². The van der Waals surface area contributed by atoms with Crippen LogP contribution in [-0.4, -0.2) is 42.5 Å². The standard InChI is InChI=1S/C17H22ClFN2O3/c1-3-24-17(23)12-5-4-8-21(10-12)11(2)16(22)20-15-7-6-13(19)9-14(15)18/h6-7,9,11-12H,3-5,8,10H2,1-2H3,(H,20,22). The molecule has 1 N–H and O–H groups in total. The number of likely N-dealkylation sites (tertiary alicyclic amines) is 1. The van der Waals surface area contributed by atoms with Crippen LogP contribution in [0.5, 0.6) is 0 Å². The van der Waals surface area contributed by atoms with Crippen LogP contribution in [0.15, 0.2) is 18.2 Å². The quantitative estimate of drug-likeness (QED) is 0.824. The van der Waals surface area contributed by atoms with Gasteiger partial charge in [-0.2, -0.15) is 0 Å². The summed E-state index contributed by atoms with van der Waals surface area (Å²) in [5.41, 5.74) is 0.369. The van der Waals surface area contributed by atoms with Crippen molar-refractivity contribution in [3.8, 4) is 0 Å². The highest BCUT2D eigenvalue weighted by Gasteiger charge is 2.31. The molecule has 5 nitrogen and oxygen atoms in total. The molecule has 24 heavy (non-hydrogen) atoms. The Hall–Kier alpha value is -1.66. The molecule has 7 heteroatoms. The van der Waals surface area contributed by atoms with Gasteiger partial charge in [-0.25, -0.2) is 4.39 Å². The maximum atomic E-state index is 13.1. The number of hydrogen-bond donors (Lipinski definition) is 1. The summed E-state index contributed by atoms with van der Waals surface area (Å²) in [7, 11) is 0. The SMILES string of the molecule is CCOC(=O)C1CCCN(C(C)C(=O)Nc2ccc(F)cc2Cl)C1. The van der Waals surface area contributed by atoms with Crippen molar-refractivity contribution >= 4 is 29.2 Å². The number of hydrogen-bond acceptors (Lipinski definition) is 4. The number of amides is 1. The van der Waals surface area contributed by atoms with E-state index < -0.39 is 11.9 Å². The number of esters is 1. The second-order valence-corrected chi connectivity index (χ2v) is 6.28. The average molecular weight is 357 g/mol. The highest BCUT2D eigenvalue weighted by Crippen LogP contribution is 2.24. The van der Waals surface area contributed by atoms with Crippen LogP contribution in [0, 0.1) is 11.7 Å². The van der Waals surface area contributed by atoms with Gasteiger partial charge in [-0.05, 0) is 51.4 Å². The Balaban J connectivity index is 1.98. The topological polar surface area (TPSA) is 58.6 Å². The lowest BCUT2D eigenvalue weighted by Gasteiger charge is -2.35. The Labute approximate surface area is 146 Å². The van der Waals surface area contributed by atoms with E-state index in [0.717, 1.165) is 25.5 Å². The Morgan fingerprint density at radius 2 is 2.25 bits per heavy atom. The number of halogens is 2. The molecule has 1 aromatic carbocycles. The number of carbonyl (C=O) groups excluding carboxylic acids is 2. The van der Waals surface area contributed by atoms with Crippen LogP contribution in [0.4, 0.5) is 10.1 Å². The van der Waals surface area contributed by atoms with Gasteiger partial charge in [0.25, 0.3) is 0 Å². The Morgan fingerprint density at radius 3 is 2.92 bits per heavy atom. The average Bonchev–Trinajstić information content (AvgIpc) is 2.57. The van der Waals surface area contributed by atoms with Crippen molar-refractivity contribution in [2.75, 3.05) is 25.0 Å². The molecule has 1 aromatic rings. The molecule has 2 rings (SSSR count). The minimum absolute atomic E-state index is 0.151. The van der Waals surface area contributed by atoms with E-state index >= 15 is 0 Å². The summed E-state index contributed by atoms with van der Waals surface area (Å²) >= 11 is 5.93. The van der Waals surface area contributed by atoms with Crippen LogP contribution in [0.25, 0.3) is 0 Å². The summed E-state index contributed by atoms with van der Waals surface area (Å²) < 4.78 is 18.1. The van der Waals surface area contributed by atoms with Gasteiger partial charge < -0.3 is 10.1 Å². The van der Waals surface area contributed by atoms with E-state index in [-0.39, 0.29) is 22.8 Å². The molecule has 0 aliphatic carbocycles. The fourth-order valence-corrected chi connectivity index (χ4v) is 3.02. The lowest BCUT2D eigenvalue weighted by Crippen LogP contribution is -2.48. The van der Waals surface area contributed by atoms with E-state index in [9.17, 15) is 14.0 Å². The smallest absolute Gasteiger partial charge is 0.310 e. The third kappa shape index (κ3) is 4.68. The fourth-order valence-electron chi connectivity index (χ4n) is 2.80. The molecule has 1 fully saturated rings. The zero-order valence-electron chi connectivity index (χ0n) is 13.9. The number of anilines is 1. The van der Waals surface area contributed by atoms with Gasteiger partial charge in [0, 0.05) is 6.54 Å². The van der Waals surface area contributed by atoms with Crippen LogP contribution in [0.3, 0.4) is 0 Å². The zero-order valence-corrected chi connectivity index (χ0v) is 14.6. The minimum Gasteiger partial charge on any atom is -0.466 e. The van der Waals surface area contributed by atoms with Crippen molar-refractivity contribution in [3.05, 3.63) is 29.0 Å². The molecule has 2 unspecified atom stereocenters. The normalized spacial score (nSPS) is 19.6. The van der Waals surface area contributed by atoms with E-state index in [1.807, 2.05) is 4.90 Å². The third-order valence-electron chi connectivity index (χ3n) is 4.19. The molecular formula is C17H22ClFN2O3. The molecule has 0 bridgehead atoms. The molecule has 1 heterocycles. The van der Waals surface area contributed by atoms with Gasteiger partial charge in [0.15, 0.2) is 0 Å². The third-order valence-corrected chi connectivity index (χ3v) is 4.50. The highest BCUT2D eigenvalue weighted by molar-refractivity contribution is 6.33. The predicted octanol–water partition coefficient (Wildman–Crippen LogP) is 3.08. The van der Waals surface area contributed by atoms with E-state index in [1.165, 1.54) is 12.1 Å². The molecule has 132 valence electrons. The Morgan fingerprint density at radius 1 is 1.50 bits per heavy atom. The van der Waals surface area contributed by atoms with Crippen LogP contribution < -0.4 is 5.32 Å². The minimum atomic E-state index is -0.459. The molecule has 0 aromatic heterocycles. The van der Waals surface area contributed by atoms with Gasteiger partial charge in [0.05, 0.1) is 29.3 Å². The second kappa shape index (κ2) is 8.44. The van der Waals surface area contributed by atoms with Crippen LogP contribution in [0.2, 0.25) is 5.02 Å². The number of benzene rings is 1. The monoisotopic (exact) mass is 356 g/mol. The van der Waals surface area contributed by atoms with Gasteiger partial charge in [-0.15, -0.1) is 0 Å². The predicted molar refractivity (Wildman–Crippen MR) is 90.4 cm³/mol. The number of carbonyl (C=O) groups is 2. The van der Waals surface area contributed by atoms with Crippen LogP contribution in [0.1, 0.15) is 26.7 Å². The number of ether oxygens (including phenoxy) is 1. The largest absolute Gasteiger partial charge is 0.466 e. The van der Waals surface area contributed by atoms with E-state index in [2.05, 4.69) is 5.32 Å².